The molecule has 7 heteroatoms. The van der Waals surface area contributed by atoms with Crippen LogP contribution in [0.15, 0.2) is 22.6 Å². The Bertz CT molecular complexity index is 574. The second kappa shape index (κ2) is 7.70. The van der Waals surface area contributed by atoms with E-state index in [1.807, 2.05) is 0 Å². The lowest BCUT2D eigenvalue weighted by Gasteiger charge is -2.11. The van der Waals surface area contributed by atoms with E-state index in [1.54, 1.807) is 26.2 Å². The molecule has 0 amide bonds. The zero-order valence-electron chi connectivity index (χ0n) is 12.1. The Kier molecular flexibility index (Phi) is 5.65. The summed E-state index contributed by atoms with van der Waals surface area (Å²) >= 11 is 0. The van der Waals surface area contributed by atoms with Crippen molar-refractivity contribution in [1.82, 2.24) is 15.5 Å². The maximum absolute atomic E-state index is 13.9. The molecule has 0 fully saturated rings. The van der Waals surface area contributed by atoms with Crippen molar-refractivity contribution in [2.24, 2.45) is 0 Å². The van der Waals surface area contributed by atoms with Gasteiger partial charge in [0.1, 0.15) is 0 Å². The van der Waals surface area contributed by atoms with Crippen molar-refractivity contribution in [3.63, 3.8) is 0 Å². The molecule has 114 valence electrons. The van der Waals surface area contributed by atoms with Crippen LogP contribution in [0.3, 0.4) is 0 Å². The van der Waals surface area contributed by atoms with Gasteiger partial charge in [0, 0.05) is 32.7 Å². The fourth-order valence-corrected chi connectivity index (χ4v) is 1.78. The molecule has 0 bridgehead atoms. The molecule has 1 aromatic carbocycles. The fourth-order valence-electron chi connectivity index (χ4n) is 1.78. The lowest BCUT2D eigenvalue weighted by atomic mass is 10.2. The molecule has 1 N–H and O–H groups in total. The van der Waals surface area contributed by atoms with Crippen LogP contribution in [0.25, 0.3) is 0 Å². The summed E-state index contributed by atoms with van der Waals surface area (Å²) < 4.78 is 29.5. The van der Waals surface area contributed by atoms with Crippen molar-refractivity contribution in [1.29, 1.82) is 0 Å². The minimum Gasteiger partial charge on any atom is -0.480 e. The highest BCUT2D eigenvalue weighted by Gasteiger charge is 2.11. The van der Waals surface area contributed by atoms with Crippen LogP contribution in [0, 0.1) is 12.7 Å². The fraction of sp³-hybridized carbons (Fsp3) is 0.429. The van der Waals surface area contributed by atoms with Gasteiger partial charge in [-0.3, -0.25) is 0 Å². The van der Waals surface area contributed by atoms with Gasteiger partial charge in [-0.05, 0) is 6.07 Å². The maximum atomic E-state index is 13.9. The lowest BCUT2D eigenvalue weighted by molar-refractivity contribution is 0.198. The van der Waals surface area contributed by atoms with E-state index >= 15 is 0 Å². The van der Waals surface area contributed by atoms with Gasteiger partial charge in [0.15, 0.2) is 18.2 Å². The Balaban J connectivity index is 1.99. The van der Waals surface area contributed by atoms with Gasteiger partial charge in [-0.1, -0.05) is 12.1 Å². The number of halogens is 1. The Morgan fingerprint density at radius 1 is 1.33 bits per heavy atom. The van der Waals surface area contributed by atoms with Gasteiger partial charge in [0.25, 0.3) is 5.89 Å². The van der Waals surface area contributed by atoms with Gasteiger partial charge < -0.3 is 19.2 Å². The van der Waals surface area contributed by atoms with Crippen LogP contribution in [-0.2, 0) is 17.9 Å². The standard InChI is InChI=1S/C14H18FN3O3/c1-10-17-18-13(21-10)9-20-14-11(4-3-5-12(14)15)8-16-6-7-19-2/h3-5,16H,6-9H2,1-2H3. The van der Waals surface area contributed by atoms with Crippen molar-refractivity contribution >= 4 is 0 Å². The molecule has 21 heavy (non-hydrogen) atoms. The topological polar surface area (TPSA) is 69.4 Å². The highest BCUT2D eigenvalue weighted by Crippen LogP contribution is 2.23. The minimum atomic E-state index is -0.419. The quantitative estimate of drug-likeness (QED) is 0.749. The number of benzene rings is 1. The Hall–Kier alpha value is -1.99. The summed E-state index contributed by atoms with van der Waals surface area (Å²) in [7, 11) is 1.63. The highest BCUT2D eigenvalue weighted by atomic mass is 19.1. The van der Waals surface area contributed by atoms with Crippen LogP contribution in [0.5, 0.6) is 5.75 Å². The SMILES string of the molecule is COCCNCc1cccc(F)c1OCc1nnc(C)o1. The van der Waals surface area contributed by atoms with E-state index in [0.717, 1.165) is 5.56 Å². The monoisotopic (exact) mass is 295 g/mol. The number of nitrogens with zero attached hydrogens (tertiary/aromatic N) is 2. The molecule has 0 radical (unpaired) electrons. The molecule has 1 aromatic heterocycles. The predicted molar refractivity (Wildman–Crippen MR) is 73.3 cm³/mol. The normalized spacial score (nSPS) is 10.8. The molecule has 1 heterocycles. The second-order valence-corrected chi connectivity index (χ2v) is 4.40. The van der Waals surface area contributed by atoms with E-state index in [1.165, 1.54) is 6.07 Å². The Morgan fingerprint density at radius 2 is 2.19 bits per heavy atom. The first-order valence-electron chi connectivity index (χ1n) is 6.59. The number of para-hydroxylation sites is 1. The van der Waals surface area contributed by atoms with E-state index in [9.17, 15) is 4.39 Å². The Labute approximate surface area is 122 Å². The third-order valence-electron chi connectivity index (χ3n) is 2.75. The average molecular weight is 295 g/mol. The van der Waals surface area contributed by atoms with Gasteiger partial charge in [-0.15, -0.1) is 10.2 Å². The summed E-state index contributed by atoms with van der Waals surface area (Å²) in [5.41, 5.74) is 0.724. The van der Waals surface area contributed by atoms with E-state index in [0.29, 0.717) is 31.5 Å². The molecule has 0 unspecified atom stereocenters. The second-order valence-electron chi connectivity index (χ2n) is 4.40. The van der Waals surface area contributed by atoms with Crippen LogP contribution in [0.4, 0.5) is 4.39 Å². The van der Waals surface area contributed by atoms with Gasteiger partial charge in [0.05, 0.1) is 6.61 Å². The van der Waals surface area contributed by atoms with E-state index in [4.69, 9.17) is 13.9 Å². The highest BCUT2D eigenvalue weighted by molar-refractivity contribution is 5.34. The molecule has 0 atom stereocenters. The maximum Gasteiger partial charge on any atom is 0.253 e. The average Bonchev–Trinajstić information content (AvgIpc) is 2.88. The molecular formula is C14H18FN3O3. The lowest BCUT2D eigenvalue weighted by Crippen LogP contribution is -2.19. The molecule has 0 saturated heterocycles. The van der Waals surface area contributed by atoms with Gasteiger partial charge in [-0.2, -0.15) is 0 Å². The number of aryl methyl sites for hydroxylation is 1. The molecule has 6 nitrogen and oxygen atoms in total. The first-order chi connectivity index (χ1) is 10.2. The van der Waals surface area contributed by atoms with Crippen LogP contribution >= 0.6 is 0 Å². The number of nitrogens with one attached hydrogen (secondary N) is 1. The molecule has 2 rings (SSSR count). The number of hydrogen-bond acceptors (Lipinski definition) is 6. The summed E-state index contributed by atoms with van der Waals surface area (Å²) in [5.74, 6) is 0.535. The summed E-state index contributed by atoms with van der Waals surface area (Å²) in [4.78, 5) is 0. The molecule has 0 spiro atoms. The summed E-state index contributed by atoms with van der Waals surface area (Å²) in [6.07, 6.45) is 0. The number of aromatic nitrogens is 2. The molecule has 0 aliphatic carbocycles. The molecule has 0 aliphatic rings. The van der Waals surface area contributed by atoms with E-state index in [2.05, 4.69) is 15.5 Å². The van der Waals surface area contributed by atoms with Gasteiger partial charge >= 0.3 is 0 Å². The van der Waals surface area contributed by atoms with E-state index in [-0.39, 0.29) is 12.4 Å². The molecule has 2 aromatic rings. The first kappa shape index (κ1) is 15.4. The van der Waals surface area contributed by atoms with Crippen molar-refractivity contribution in [3.8, 4) is 5.75 Å². The largest absolute Gasteiger partial charge is 0.480 e. The van der Waals surface area contributed by atoms with E-state index < -0.39 is 5.82 Å². The van der Waals surface area contributed by atoms with Crippen LogP contribution in [0.1, 0.15) is 17.3 Å². The van der Waals surface area contributed by atoms with Crippen LogP contribution in [0.2, 0.25) is 0 Å². The van der Waals surface area contributed by atoms with Crippen LogP contribution in [-0.4, -0.2) is 30.5 Å². The van der Waals surface area contributed by atoms with Gasteiger partial charge in [-0.25, -0.2) is 4.39 Å². The summed E-state index contributed by atoms with van der Waals surface area (Å²) in [5, 5.41) is 10.7. The van der Waals surface area contributed by atoms with Gasteiger partial charge in [0.2, 0.25) is 5.89 Å². The number of methoxy groups -OCH3 is 1. The third kappa shape index (κ3) is 4.51. The number of ether oxygens (including phenoxy) is 2. The molecule has 0 saturated carbocycles. The summed E-state index contributed by atoms with van der Waals surface area (Å²) in [6, 6.07) is 4.80. The summed E-state index contributed by atoms with van der Waals surface area (Å²) in [6.45, 7) is 3.47. The zero-order chi connectivity index (χ0) is 15.1. The predicted octanol–water partition coefficient (Wildman–Crippen LogP) is 1.83. The first-order valence-corrected chi connectivity index (χ1v) is 6.59. The van der Waals surface area contributed by atoms with Crippen molar-refractivity contribution in [3.05, 3.63) is 41.4 Å². The van der Waals surface area contributed by atoms with Crippen molar-refractivity contribution < 1.29 is 18.3 Å². The Morgan fingerprint density at radius 3 is 2.90 bits per heavy atom. The number of hydrogen-bond donors (Lipinski definition) is 1. The molecule has 0 aliphatic heterocycles. The smallest absolute Gasteiger partial charge is 0.253 e. The third-order valence-corrected chi connectivity index (χ3v) is 2.75. The van der Waals surface area contributed by atoms with Crippen molar-refractivity contribution in [2.45, 2.75) is 20.1 Å². The minimum absolute atomic E-state index is 0.0346. The van der Waals surface area contributed by atoms with Crippen LogP contribution < -0.4 is 10.1 Å². The number of rotatable bonds is 8. The molecular weight excluding hydrogens is 277 g/mol. The zero-order valence-corrected chi connectivity index (χ0v) is 12.1. The van der Waals surface area contributed by atoms with Crippen molar-refractivity contribution in [2.75, 3.05) is 20.3 Å².